The summed E-state index contributed by atoms with van der Waals surface area (Å²) < 4.78 is 27.4. The summed E-state index contributed by atoms with van der Waals surface area (Å²) in [6.07, 6.45) is 0. The zero-order chi connectivity index (χ0) is 14.0. The molecule has 0 aliphatic carbocycles. The molecule has 0 amide bonds. The van der Waals surface area contributed by atoms with Crippen LogP contribution < -0.4 is 5.32 Å². The van der Waals surface area contributed by atoms with Crippen molar-refractivity contribution in [3.8, 4) is 0 Å². The van der Waals surface area contributed by atoms with Gasteiger partial charge >= 0.3 is 0 Å². The molecule has 0 aromatic heterocycles. The van der Waals surface area contributed by atoms with Gasteiger partial charge in [-0.3, -0.25) is 0 Å². The molecule has 0 radical (unpaired) electrons. The van der Waals surface area contributed by atoms with Gasteiger partial charge in [-0.1, -0.05) is 12.1 Å². The lowest BCUT2D eigenvalue weighted by atomic mass is 10.1. The number of hydrogen-bond donors (Lipinski definition) is 1. The Morgan fingerprint density at radius 1 is 1.11 bits per heavy atom. The molecule has 2 aromatic rings. The Balaban J connectivity index is 2.20. The Labute approximate surface area is 125 Å². The average molecular weight is 373 g/mol. The molecule has 2 rings (SSSR count). The first kappa shape index (κ1) is 14.2. The SMILES string of the molecule is Cc1ccc(C(C)Nc2ccc(F)cc2I)cc1F. The summed E-state index contributed by atoms with van der Waals surface area (Å²) in [4.78, 5) is 0. The molecule has 0 bridgehead atoms. The van der Waals surface area contributed by atoms with Crippen molar-refractivity contribution in [3.05, 3.63) is 62.7 Å². The summed E-state index contributed by atoms with van der Waals surface area (Å²) in [5, 5.41) is 3.26. The lowest BCUT2D eigenvalue weighted by Gasteiger charge is -2.17. The second-order valence-electron chi connectivity index (χ2n) is 4.50. The molecule has 100 valence electrons. The lowest BCUT2D eigenvalue weighted by molar-refractivity contribution is 0.614. The van der Waals surface area contributed by atoms with Crippen LogP contribution >= 0.6 is 22.6 Å². The molecule has 1 nitrogen and oxygen atoms in total. The highest BCUT2D eigenvalue weighted by molar-refractivity contribution is 14.1. The zero-order valence-corrected chi connectivity index (χ0v) is 12.8. The minimum absolute atomic E-state index is 0.0472. The van der Waals surface area contributed by atoms with Crippen molar-refractivity contribution >= 4 is 28.3 Å². The predicted octanol–water partition coefficient (Wildman–Crippen LogP) is 5.05. The molecule has 0 heterocycles. The largest absolute Gasteiger partial charge is 0.378 e. The first-order chi connectivity index (χ1) is 8.97. The lowest BCUT2D eigenvalue weighted by Crippen LogP contribution is -2.08. The second kappa shape index (κ2) is 5.86. The molecule has 1 unspecified atom stereocenters. The van der Waals surface area contributed by atoms with E-state index in [0.717, 1.165) is 14.8 Å². The van der Waals surface area contributed by atoms with Crippen LogP contribution in [0, 0.1) is 22.1 Å². The van der Waals surface area contributed by atoms with Gasteiger partial charge in [0.25, 0.3) is 0 Å². The van der Waals surface area contributed by atoms with Crippen molar-refractivity contribution in [2.24, 2.45) is 0 Å². The number of hydrogen-bond acceptors (Lipinski definition) is 1. The summed E-state index contributed by atoms with van der Waals surface area (Å²) in [6.45, 7) is 3.68. The van der Waals surface area contributed by atoms with Crippen molar-refractivity contribution in [1.29, 1.82) is 0 Å². The van der Waals surface area contributed by atoms with Gasteiger partial charge in [0, 0.05) is 15.3 Å². The third kappa shape index (κ3) is 3.43. The number of halogens is 3. The Kier molecular flexibility index (Phi) is 4.39. The van der Waals surface area contributed by atoms with Crippen LogP contribution in [-0.2, 0) is 0 Å². The molecular formula is C15H14F2IN. The van der Waals surface area contributed by atoms with Gasteiger partial charge in [0.15, 0.2) is 0 Å². The van der Waals surface area contributed by atoms with Crippen molar-refractivity contribution in [1.82, 2.24) is 0 Å². The van der Waals surface area contributed by atoms with E-state index in [1.165, 1.54) is 18.2 Å². The fraction of sp³-hybridized carbons (Fsp3) is 0.200. The van der Waals surface area contributed by atoms with E-state index in [-0.39, 0.29) is 17.7 Å². The van der Waals surface area contributed by atoms with Crippen LogP contribution in [0.1, 0.15) is 24.1 Å². The summed E-state index contributed by atoms with van der Waals surface area (Å²) in [6, 6.07) is 9.71. The van der Waals surface area contributed by atoms with Crippen LogP contribution in [-0.4, -0.2) is 0 Å². The van der Waals surface area contributed by atoms with Gasteiger partial charge in [-0.25, -0.2) is 8.78 Å². The van der Waals surface area contributed by atoms with E-state index in [4.69, 9.17) is 0 Å². The minimum atomic E-state index is -0.260. The third-order valence-electron chi connectivity index (χ3n) is 3.00. The first-order valence-electron chi connectivity index (χ1n) is 5.95. The highest BCUT2D eigenvalue weighted by Crippen LogP contribution is 2.25. The second-order valence-corrected chi connectivity index (χ2v) is 5.66. The van der Waals surface area contributed by atoms with Gasteiger partial charge in [0.2, 0.25) is 0 Å². The van der Waals surface area contributed by atoms with Crippen molar-refractivity contribution < 1.29 is 8.78 Å². The maximum atomic E-state index is 13.5. The maximum Gasteiger partial charge on any atom is 0.126 e. The normalized spacial score (nSPS) is 12.3. The van der Waals surface area contributed by atoms with E-state index < -0.39 is 0 Å². The number of rotatable bonds is 3. The maximum absolute atomic E-state index is 13.5. The molecule has 19 heavy (non-hydrogen) atoms. The number of benzene rings is 2. The molecule has 2 aromatic carbocycles. The number of anilines is 1. The Morgan fingerprint density at radius 2 is 1.84 bits per heavy atom. The average Bonchev–Trinajstić information content (AvgIpc) is 2.36. The first-order valence-corrected chi connectivity index (χ1v) is 7.03. The Hall–Kier alpha value is -1.17. The number of aryl methyl sites for hydroxylation is 1. The monoisotopic (exact) mass is 373 g/mol. The highest BCUT2D eigenvalue weighted by atomic mass is 127. The molecule has 0 fully saturated rings. The van der Waals surface area contributed by atoms with Crippen molar-refractivity contribution in [2.45, 2.75) is 19.9 Å². The smallest absolute Gasteiger partial charge is 0.126 e. The Morgan fingerprint density at radius 3 is 2.47 bits per heavy atom. The van der Waals surface area contributed by atoms with Crippen molar-refractivity contribution in [3.63, 3.8) is 0 Å². The highest BCUT2D eigenvalue weighted by Gasteiger charge is 2.09. The van der Waals surface area contributed by atoms with E-state index in [1.54, 1.807) is 19.1 Å². The van der Waals surface area contributed by atoms with Crippen LogP contribution in [0.3, 0.4) is 0 Å². The Bertz CT molecular complexity index is 599. The van der Waals surface area contributed by atoms with E-state index in [1.807, 2.05) is 13.0 Å². The van der Waals surface area contributed by atoms with E-state index in [2.05, 4.69) is 27.9 Å². The quantitative estimate of drug-likeness (QED) is 0.743. The topological polar surface area (TPSA) is 12.0 Å². The molecule has 1 N–H and O–H groups in total. The van der Waals surface area contributed by atoms with Crippen LogP contribution in [0.2, 0.25) is 0 Å². The van der Waals surface area contributed by atoms with Gasteiger partial charge in [0.1, 0.15) is 11.6 Å². The molecule has 1 atom stereocenters. The molecule has 0 spiro atoms. The van der Waals surface area contributed by atoms with E-state index >= 15 is 0 Å². The summed E-state index contributed by atoms with van der Waals surface area (Å²) in [7, 11) is 0. The van der Waals surface area contributed by atoms with Crippen LogP contribution in [0.5, 0.6) is 0 Å². The predicted molar refractivity (Wildman–Crippen MR) is 82.3 cm³/mol. The number of nitrogens with one attached hydrogen (secondary N) is 1. The van der Waals surface area contributed by atoms with Crippen LogP contribution in [0.4, 0.5) is 14.5 Å². The van der Waals surface area contributed by atoms with E-state index in [9.17, 15) is 8.78 Å². The van der Waals surface area contributed by atoms with Gasteiger partial charge in [-0.15, -0.1) is 0 Å². The summed E-state index contributed by atoms with van der Waals surface area (Å²) in [5.41, 5.74) is 2.34. The van der Waals surface area contributed by atoms with Crippen LogP contribution in [0.15, 0.2) is 36.4 Å². The zero-order valence-electron chi connectivity index (χ0n) is 10.7. The fourth-order valence-corrected chi connectivity index (χ4v) is 2.43. The fourth-order valence-electron chi connectivity index (χ4n) is 1.80. The van der Waals surface area contributed by atoms with Gasteiger partial charge in [-0.2, -0.15) is 0 Å². The molecule has 4 heteroatoms. The molecule has 0 saturated carbocycles. The van der Waals surface area contributed by atoms with Gasteiger partial charge in [-0.05, 0) is 71.8 Å². The molecule has 0 aliphatic rings. The van der Waals surface area contributed by atoms with Crippen molar-refractivity contribution in [2.75, 3.05) is 5.32 Å². The third-order valence-corrected chi connectivity index (χ3v) is 3.89. The van der Waals surface area contributed by atoms with Gasteiger partial charge in [0.05, 0.1) is 0 Å². The summed E-state index contributed by atoms with van der Waals surface area (Å²) >= 11 is 2.07. The minimum Gasteiger partial charge on any atom is -0.378 e. The molecule has 0 saturated heterocycles. The molecule has 0 aliphatic heterocycles. The summed E-state index contributed by atoms with van der Waals surface area (Å²) in [5.74, 6) is -0.469. The molecular weight excluding hydrogens is 359 g/mol. The van der Waals surface area contributed by atoms with E-state index in [0.29, 0.717) is 5.56 Å². The van der Waals surface area contributed by atoms with Crippen LogP contribution in [0.25, 0.3) is 0 Å². The van der Waals surface area contributed by atoms with Gasteiger partial charge < -0.3 is 5.32 Å². The standard InChI is InChI=1S/C15H14F2IN/c1-9-3-4-11(7-13(9)17)10(2)19-15-6-5-12(16)8-14(15)18/h3-8,10,19H,1-2H3.